The van der Waals surface area contributed by atoms with Gasteiger partial charge in [0.1, 0.15) is 12.1 Å². The summed E-state index contributed by atoms with van der Waals surface area (Å²) in [6.45, 7) is 2.16. The summed E-state index contributed by atoms with van der Waals surface area (Å²) >= 11 is 0. The van der Waals surface area contributed by atoms with Gasteiger partial charge in [0, 0.05) is 20.6 Å². The van der Waals surface area contributed by atoms with Crippen LogP contribution >= 0.6 is 0 Å². The molecule has 32 heavy (non-hydrogen) atoms. The number of hydrogen-bond donors (Lipinski definition) is 0. The number of hydrogen-bond acceptors (Lipinski definition) is 7. The molecule has 8 heteroatoms. The normalized spacial score (nSPS) is 27.0. The molecule has 2 aromatic carbocycles. The van der Waals surface area contributed by atoms with E-state index in [1.165, 1.54) is 14.0 Å². The van der Waals surface area contributed by atoms with E-state index < -0.39 is 42.7 Å². The fraction of sp³-hybridized carbons (Fsp3) is 0.417. The Morgan fingerprint density at radius 3 is 2.31 bits per heavy atom. The predicted molar refractivity (Wildman–Crippen MR) is 113 cm³/mol. The molecule has 2 heterocycles. The zero-order valence-electron chi connectivity index (χ0n) is 18.1. The van der Waals surface area contributed by atoms with Gasteiger partial charge in [-0.05, 0) is 11.1 Å². The molecule has 0 aromatic heterocycles. The summed E-state index contributed by atoms with van der Waals surface area (Å²) in [5.41, 5.74) is 1.95. The number of methoxy groups -OCH3 is 1. The van der Waals surface area contributed by atoms with Gasteiger partial charge in [0.2, 0.25) is 0 Å². The van der Waals surface area contributed by atoms with Gasteiger partial charge in [-0.25, -0.2) is 4.79 Å². The van der Waals surface area contributed by atoms with E-state index in [-0.39, 0.29) is 6.61 Å². The Morgan fingerprint density at radius 2 is 1.69 bits per heavy atom. The Hall–Kier alpha value is -2.94. The van der Waals surface area contributed by atoms with Gasteiger partial charge in [-0.15, -0.1) is 0 Å². The van der Waals surface area contributed by atoms with Gasteiger partial charge in [-0.2, -0.15) is 0 Å². The van der Waals surface area contributed by atoms with Crippen molar-refractivity contribution in [3.8, 4) is 0 Å². The van der Waals surface area contributed by atoms with E-state index in [1.807, 2.05) is 60.7 Å². The van der Waals surface area contributed by atoms with Crippen LogP contribution in [0.1, 0.15) is 18.1 Å². The van der Waals surface area contributed by atoms with Crippen molar-refractivity contribution in [1.29, 1.82) is 0 Å². The zero-order chi connectivity index (χ0) is 22.5. The molecule has 2 aliphatic heterocycles. The molecule has 0 unspecified atom stereocenters. The van der Waals surface area contributed by atoms with Crippen molar-refractivity contribution in [2.45, 2.75) is 50.7 Å². The molecular formula is C24H27NO7. The minimum atomic E-state index is -0.815. The van der Waals surface area contributed by atoms with Crippen LogP contribution in [0.5, 0.6) is 0 Å². The van der Waals surface area contributed by atoms with Gasteiger partial charge >= 0.3 is 12.1 Å². The van der Waals surface area contributed by atoms with E-state index >= 15 is 0 Å². The van der Waals surface area contributed by atoms with Crippen molar-refractivity contribution in [2.24, 2.45) is 0 Å². The van der Waals surface area contributed by atoms with Crippen molar-refractivity contribution < 1.29 is 33.3 Å². The van der Waals surface area contributed by atoms with Gasteiger partial charge in [0.05, 0.1) is 13.2 Å². The summed E-state index contributed by atoms with van der Waals surface area (Å²) in [5.74, 6) is -0.487. The average Bonchev–Trinajstić information content (AvgIpc) is 3.12. The molecule has 2 fully saturated rings. The number of nitrogens with zero attached hydrogens (tertiary/aromatic N) is 1. The largest absolute Gasteiger partial charge is 0.456 e. The van der Waals surface area contributed by atoms with E-state index in [4.69, 9.17) is 23.7 Å². The molecule has 5 atom stereocenters. The third-order valence-electron chi connectivity index (χ3n) is 5.57. The van der Waals surface area contributed by atoms with Gasteiger partial charge in [0.15, 0.2) is 18.5 Å². The van der Waals surface area contributed by atoms with Crippen LogP contribution in [0.25, 0.3) is 0 Å². The summed E-state index contributed by atoms with van der Waals surface area (Å²) in [5, 5.41) is 0. The molecule has 2 aliphatic rings. The van der Waals surface area contributed by atoms with Crippen LogP contribution in [0.15, 0.2) is 60.7 Å². The highest BCUT2D eigenvalue weighted by atomic mass is 16.7. The number of carbonyl (C=O) groups is 2. The van der Waals surface area contributed by atoms with E-state index in [0.29, 0.717) is 13.2 Å². The summed E-state index contributed by atoms with van der Waals surface area (Å²) in [6, 6.07) is 18.7. The van der Waals surface area contributed by atoms with E-state index in [9.17, 15) is 9.59 Å². The Balaban J connectivity index is 1.51. The Morgan fingerprint density at radius 1 is 1.03 bits per heavy atom. The second-order valence-electron chi connectivity index (χ2n) is 7.81. The quantitative estimate of drug-likeness (QED) is 0.583. The lowest BCUT2D eigenvalue weighted by molar-refractivity contribution is -0.267. The number of amides is 1. The Bertz CT molecular complexity index is 907. The van der Waals surface area contributed by atoms with E-state index in [1.54, 1.807) is 4.90 Å². The third kappa shape index (κ3) is 4.93. The average molecular weight is 441 g/mol. The first-order chi connectivity index (χ1) is 15.6. The van der Waals surface area contributed by atoms with Crippen molar-refractivity contribution in [2.75, 3.05) is 13.7 Å². The monoisotopic (exact) mass is 441 g/mol. The van der Waals surface area contributed by atoms with Crippen LogP contribution in [-0.4, -0.2) is 61.3 Å². The molecule has 170 valence electrons. The maximum Gasteiger partial charge on any atom is 0.411 e. The van der Waals surface area contributed by atoms with Crippen molar-refractivity contribution >= 4 is 12.1 Å². The molecule has 0 saturated carbocycles. The molecule has 2 saturated heterocycles. The molecule has 1 amide bonds. The second kappa shape index (κ2) is 10.1. The first-order valence-corrected chi connectivity index (χ1v) is 10.5. The van der Waals surface area contributed by atoms with E-state index in [2.05, 4.69) is 0 Å². The summed E-state index contributed by atoms with van der Waals surface area (Å²) < 4.78 is 28.8. The number of benzene rings is 2. The molecule has 2 aromatic rings. The van der Waals surface area contributed by atoms with Gasteiger partial charge in [-0.1, -0.05) is 60.7 Å². The minimum Gasteiger partial charge on any atom is -0.456 e. The second-order valence-corrected chi connectivity index (χ2v) is 7.81. The highest BCUT2D eigenvalue weighted by Crippen LogP contribution is 2.36. The minimum absolute atomic E-state index is 0.145. The topological polar surface area (TPSA) is 83.5 Å². The molecule has 4 rings (SSSR count). The van der Waals surface area contributed by atoms with Crippen LogP contribution < -0.4 is 0 Å². The van der Waals surface area contributed by atoms with Gasteiger partial charge < -0.3 is 23.7 Å². The Labute approximate surface area is 187 Å². The first-order valence-electron chi connectivity index (χ1n) is 10.5. The van der Waals surface area contributed by atoms with Gasteiger partial charge in [0.25, 0.3) is 0 Å². The lowest BCUT2D eigenvalue weighted by Crippen LogP contribution is -2.62. The molecule has 0 radical (unpaired) electrons. The standard InChI is InChI=1S/C24H27NO7/c1-16(26)30-21-19(15-29-14-18-11-7-4-8-12-18)31-23(28-2)20-22(21)32-24(27)25(20)13-17-9-5-3-6-10-17/h3-12,19-23H,13-15H2,1-2H3/t19-,20-,21-,22-,23-/m1/s1. The number of ether oxygens (including phenoxy) is 5. The van der Waals surface area contributed by atoms with Crippen LogP contribution in [0.2, 0.25) is 0 Å². The lowest BCUT2D eigenvalue weighted by Gasteiger charge is -2.42. The zero-order valence-corrected chi connectivity index (χ0v) is 18.1. The summed E-state index contributed by atoms with van der Waals surface area (Å²) in [6.07, 6.45) is -3.47. The smallest absolute Gasteiger partial charge is 0.411 e. The first kappa shape index (κ1) is 22.3. The molecule has 0 bridgehead atoms. The summed E-state index contributed by atoms with van der Waals surface area (Å²) in [7, 11) is 1.51. The summed E-state index contributed by atoms with van der Waals surface area (Å²) in [4.78, 5) is 26.2. The Kier molecular flexibility index (Phi) is 7.04. The molecular weight excluding hydrogens is 414 g/mol. The van der Waals surface area contributed by atoms with Gasteiger partial charge in [-0.3, -0.25) is 9.69 Å². The van der Waals surface area contributed by atoms with Crippen LogP contribution in [0, 0.1) is 0 Å². The predicted octanol–water partition coefficient (Wildman–Crippen LogP) is 2.90. The highest BCUT2D eigenvalue weighted by Gasteiger charge is 2.58. The maximum absolute atomic E-state index is 12.8. The van der Waals surface area contributed by atoms with Crippen LogP contribution in [-0.2, 0) is 41.6 Å². The fourth-order valence-corrected chi connectivity index (χ4v) is 4.14. The molecule has 0 N–H and O–H groups in total. The molecule has 0 aliphatic carbocycles. The van der Waals surface area contributed by atoms with E-state index in [0.717, 1.165) is 11.1 Å². The SMILES string of the molecule is CO[C@@H]1O[C@H](COCc2ccccc2)[C@@H](OC(C)=O)[C@@H]2OC(=O)N(Cc3ccccc3)[C@@H]12. The third-order valence-corrected chi connectivity index (χ3v) is 5.57. The van der Waals surface area contributed by atoms with Crippen LogP contribution in [0.4, 0.5) is 4.79 Å². The number of rotatable bonds is 8. The lowest BCUT2D eigenvalue weighted by atomic mass is 9.96. The number of esters is 1. The number of fused-ring (bicyclic) bond motifs is 1. The number of carbonyl (C=O) groups excluding carboxylic acids is 2. The molecule has 8 nitrogen and oxygen atoms in total. The maximum atomic E-state index is 12.8. The van der Waals surface area contributed by atoms with Crippen molar-refractivity contribution in [1.82, 2.24) is 4.90 Å². The highest BCUT2D eigenvalue weighted by molar-refractivity contribution is 5.71. The van der Waals surface area contributed by atoms with Crippen molar-refractivity contribution in [3.05, 3.63) is 71.8 Å². The molecule has 0 spiro atoms. The fourth-order valence-electron chi connectivity index (χ4n) is 4.14. The van der Waals surface area contributed by atoms with Crippen LogP contribution in [0.3, 0.4) is 0 Å². The van der Waals surface area contributed by atoms with Crippen molar-refractivity contribution in [3.63, 3.8) is 0 Å².